The molecule has 1 saturated carbocycles. The van der Waals surface area contributed by atoms with Gasteiger partial charge < -0.3 is 10.2 Å². The van der Waals surface area contributed by atoms with Crippen molar-refractivity contribution in [1.82, 2.24) is 9.88 Å². The van der Waals surface area contributed by atoms with E-state index >= 15 is 0 Å². The number of hydrogen-bond donors (Lipinski definition) is 1. The van der Waals surface area contributed by atoms with Gasteiger partial charge in [-0.1, -0.05) is 25.3 Å². The monoisotopic (exact) mass is 275 g/mol. The lowest BCUT2D eigenvalue weighted by molar-refractivity contribution is 0.0690. The second-order valence-corrected chi connectivity index (χ2v) is 5.91. The summed E-state index contributed by atoms with van der Waals surface area (Å²) >= 11 is 0. The molecule has 0 radical (unpaired) electrons. The minimum atomic E-state index is 0.0318. The molecule has 1 aromatic heterocycles. The highest BCUT2D eigenvalue weighted by Gasteiger charge is 2.23. The molecule has 1 amide bonds. The van der Waals surface area contributed by atoms with Crippen LogP contribution in [0.25, 0.3) is 0 Å². The van der Waals surface area contributed by atoms with Crippen molar-refractivity contribution in [2.24, 2.45) is 0 Å². The molecule has 1 N–H and O–H groups in total. The highest BCUT2D eigenvalue weighted by Crippen LogP contribution is 2.22. The third-order valence-electron chi connectivity index (χ3n) is 3.85. The molecule has 0 atom stereocenters. The van der Waals surface area contributed by atoms with Gasteiger partial charge in [0, 0.05) is 19.1 Å². The van der Waals surface area contributed by atoms with E-state index in [0.717, 1.165) is 18.7 Å². The quantitative estimate of drug-likeness (QED) is 0.917. The highest BCUT2D eigenvalue weighted by atomic mass is 16.2. The first kappa shape index (κ1) is 14.8. The summed E-state index contributed by atoms with van der Waals surface area (Å²) in [4.78, 5) is 18.8. The smallest absolute Gasteiger partial charge is 0.272 e. The molecule has 1 aliphatic carbocycles. The SMILES string of the molecule is CC(C)Nc1cccc(C(=O)N(C)C2CCCCC2)n1. The first-order valence-electron chi connectivity index (χ1n) is 7.58. The van der Waals surface area contributed by atoms with Crippen molar-refractivity contribution in [2.75, 3.05) is 12.4 Å². The molecule has 1 heterocycles. The van der Waals surface area contributed by atoms with Gasteiger partial charge in [-0.15, -0.1) is 0 Å². The molecule has 1 aliphatic rings. The van der Waals surface area contributed by atoms with Crippen LogP contribution in [-0.2, 0) is 0 Å². The lowest BCUT2D eigenvalue weighted by Crippen LogP contribution is -2.38. The third kappa shape index (κ3) is 3.71. The fourth-order valence-electron chi connectivity index (χ4n) is 2.74. The van der Waals surface area contributed by atoms with Crippen molar-refractivity contribution < 1.29 is 4.79 Å². The van der Waals surface area contributed by atoms with Gasteiger partial charge >= 0.3 is 0 Å². The van der Waals surface area contributed by atoms with Gasteiger partial charge in [-0.25, -0.2) is 4.98 Å². The number of carbonyl (C=O) groups excluding carboxylic acids is 1. The lowest BCUT2D eigenvalue weighted by Gasteiger charge is -2.31. The van der Waals surface area contributed by atoms with Crippen molar-refractivity contribution in [3.8, 4) is 0 Å². The molecule has 0 bridgehead atoms. The average Bonchev–Trinajstić information content (AvgIpc) is 2.46. The number of nitrogens with one attached hydrogen (secondary N) is 1. The van der Waals surface area contributed by atoms with Crippen molar-refractivity contribution in [1.29, 1.82) is 0 Å². The molecule has 0 aliphatic heterocycles. The third-order valence-corrected chi connectivity index (χ3v) is 3.85. The summed E-state index contributed by atoms with van der Waals surface area (Å²) in [6.07, 6.45) is 5.98. The molecule has 4 nitrogen and oxygen atoms in total. The normalized spacial score (nSPS) is 16.2. The summed E-state index contributed by atoms with van der Waals surface area (Å²) in [6, 6.07) is 6.27. The van der Waals surface area contributed by atoms with Crippen LogP contribution in [0, 0.1) is 0 Å². The van der Waals surface area contributed by atoms with Crippen molar-refractivity contribution in [2.45, 2.75) is 58.0 Å². The molecule has 2 rings (SSSR count). The molecular weight excluding hydrogens is 250 g/mol. The van der Waals surface area contributed by atoms with Crippen LogP contribution in [-0.4, -0.2) is 34.9 Å². The summed E-state index contributed by atoms with van der Waals surface area (Å²) in [7, 11) is 1.91. The van der Waals surface area contributed by atoms with Crippen molar-refractivity contribution in [3.05, 3.63) is 23.9 Å². The number of nitrogens with zero attached hydrogens (tertiary/aromatic N) is 2. The second-order valence-electron chi connectivity index (χ2n) is 5.91. The Hall–Kier alpha value is -1.58. The number of rotatable bonds is 4. The second kappa shape index (κ2) is 6.73. The molecule has 0 spiro atoms. The van der Waals surface area contributed by atoms with Crippen LogP contribution in [0.3, 0.4) is 0 Å². The van der Waals surface area contributed by atoms with Crippen LogP contribution in [0.1, 0.15) is 56.4 Å². The van der Waals surface area contributed by atoms with Crippen LogP contribution in [0.15, 0.2) is 18.2 Å². The summed E-state index contributed by atoms with van der Waals surface area (Å²) in [6.45, 7) is 4.12. The van der Waals surface area contributed by atoms with Gasteiger partial charge in [0.1, 0.15) is 11.5 Å². The van der Waals surface area contributed by atoms with Crippen LogP contribution in [0.4, 0.5) is 5.82 Å². The zero-order chi connectivity index (χ0) is 14.5. The molecule has 1 fully saturated rings. The van der Waals surface area contributed by atoms with Crippen molar-refractivity contribution in [3.63, 3.8) is 0 Å². The van der Waals surface area contributed by atoms with E-state index in [0.29, 0.717) is 17.8 Å². The number of hydrogen-bond acceptors (Lipinski definition) is 3. The van der Waals surface area contributed by atoms with Gasteiger partial charge in [-0.3, -0.25) is 4.79 Å². The zero-order valence-electron chi connectivity index (χ0n) is 12.7. The maximum absolute atomic E-state index is 12.5. The number of amides is 1. The van der Waals surface area contributed by atoms with E-state index in [2.05, 4.69) is 24.1 Å². The zero-order valence-corrected chi connectivity index (χ0v) is 12.7. The fraction of sp³-hybridized carbons (Fsp3) is 0.625. The van der Waals surface area contributed by atoms with E-state index in [9.17, 15) is 4.79 Å². The fourth-order valence-corrected chi connectivity index (χ4v) is 2.74. The molecular formula is C16H25N3O. The first-order chi connectivity index (χ1) is 9.58. The largest absolute Gasteiger partial charge is 0.368 e. The maximum atomic E-state index is 12.5. The molecule has 4 heteroatoms. The maximum Gasteiger partial charge on any atom is 0.272 e. The van der Waals surface area contributed by atoms with Gasteiger partial charge in [0.25, 0.3) is 5.91 Å². The first-order valence-corrected chi connectivity index (χ1v) is 7.58. The van der Waals surface area contributed by atoms with Crippen molar-refractivity contribution >= 4 is 11.7 Å². The Morgan fingerprint density at radius 3 is 2.65 bits per heavy atom. The van der Waals surface area contributed by atoms with E-state index in [1.165, 1.54) is 19.3 Å². The molecule has 1 aromatic rings. The van der Waals surface area contributed by atoms with Gasteiger partial charge in [0.2, 0.25) is 0 Å². The Bertz CT molecular complexity index is 453. The number of pyridine rings is 1. The Morgan fingerprint density at radius 1 is 1.30 bits per heavy atom. The van der Waals surface area contributed by atoms with Crippen LogP contribution in [0.2, 0.25) is 0 Å². The summed E-state index contributed by atoms with van der Waals surface area (Å²) in [5.74, 6) is 0.798. The Kier molecular flexibility index (Phi) is 4.99. The van der Waals surface area contributed by atoms with Crippen LogP contribution in [0.5, 0.6) is 0 Å². The van der Waals surface area contributed by atoms with Gasteiger partial charge in [0.15, 0.2) is 0 Å². The van der Waals surface area contributed by atoms with Gasteiger partial charge in [-0.05, 0) is 38.8 Å². The lowest BCUT2D eigenvalue weighted by atomic mass is 9.94. The van der Waals surface area contributed by atoms with Gasteiger partial charge in [0.05, 0.1) is 0 Å². The van der Waals surface area contributed by atoms with Gasteiger partial charge in [-0.2, -0.15) is 0 Å². The minimum Gasteiger partial charge on any atom is -0.368 e. The van der Waals surface area contributed by atoms with E-state index in [1.807, 2.05) is 24.1 Å². The molecule has 20 heavy (non-hydrogen) atoms. The van der Waals surface area contributed by atoms with Crippen LogP contribution < -0.4 is 5.32 Å². The van der Waals surface area contributed by atoms with E-state index in [4.69, 9.17) is 0 Å². The standard InChI is InChI=1S/C16H25N3O/c1-12(2)17-15-11-7-10-14(18-15)16(20)19(3)13-8-5-4-6-9-13/h7,10-13H,4-6,8-9H2,1-3H3,(H,17,18). The number of anilines is 1. The topological polar surface area (TPSA) is 45.2 Å². The Labute approximate surface area is 121 Å². The minimum absolute atomic E-state index is 0.0318. The Morgan fingerprint density at radius 2 is 2.00 bits per heavy atom. The Balaban J connectivity index is 2.07. The molecule has 0 aromatic carbocycles. The summed E-state index contributed by atoms with van der Waals surface area (Å²) in [5, 5.41) is 3.24. The number of carbonyl (C=O) groups is 1. The number of aromatic nitrogens is 1. The average molecular weight is 275 g/mol. The predicted octanol–water partition coefficient (Wildman–Crippen LogP) is 3.31. The van der Waals surface area contributed by atoms with Crippen LogP contribution >= 0.6 is 0 Å². The molecule has 110 valence electrons. The predicted molar refractivity (Wildman–Crippen MR) is 82.0 cm³/mol. The highest BCUT2D eigenvalue weighted by molar-refractivity contribution is 5.92. The van der Waals surface area contributed by atoms with E-state index in [1.54, 1.807) is 6.07 Å². The molecule has 0 saturated heterocycles. The summed E-state index contributed by atoms with van der Waals surface area (Å²) < 4.78 is 0. The molecule has 0 unspecified atom stereocenters. The van der Waals surface area contributed by atoms with E-state index in [-0.39, 0.29) is 5.91 Å². The van der Waals surface area contributed by atoms with E-state index < -0.39 is 0 Å². The summed E-state index contributed by atoms with van der Waals surface area (Å²) in [5.41, 5.74) is 0.531.